The highest BCUT2D eigenvalue weighted by atomic mass is 32.2. The molecule has 1 fully saturated rings. The lowest BCUT2D eigenvalue weighted by molar-refractivity contribution is 0.439. The third-order valence-electron chi connectivity index (χ3n) is 4.45. The van der Waals surface area contributed by atoms with Crippen molar-refractivity contribution in [3.63, 3.8) is 0 Å². The minimum Gasteiger partial charge on any atom is -0.370 e. The first-order valence-corrected chi connectivity index (χ1v) is 11.1. The fraction of sp³-hybridized carbons (Fsp3) is 0.389. The molecular formula is C18H23N3O2S2. The summed E-state index contributed by atoms with van der Waals surface area (Å²) >= 11 is 0. The summed E-state index contributed by atoms with van der Waals surface area (Å²) in [6.45, 7) is 4.33. The Balaban J connectivity index is 1.76. The molecule has 0 amide bonds. The summed E-state index contributed by atoms with van der Waals surface area (Å²) in [4.78, 5) is 7.03. The summed E-state index contributed by atoms with van der Waals surface area (Å²) in [6, 6.07) is 11.3. The van der Waals surface area contributed by atoms with E-state index in [-0.39, 0.29) is 0 Å². The molecule has 1 aromatic carbocycles. The predicted octanol–water partition coefficient (Wildman–Crippen LogP) is 3.19. The molecule has 0 bridgehead atoms. The molecule has 2 heterocycles. The van der Waals surface area contributed by atoms with Crippen molar-refractivity contribution in [2.45, 2.75) is 29.7 Å². The molecule has 7 heteroatoms. The van der Waals surface area contributed by atoms with Crippen LogP contribution in [0.25, 0.3) is 0 Å². The minimum absolute atomic E-state index is 0.489. The second kappa shape index (κ2) is 8.10. The number of anilines is 2. The molecule has 1 saturated heterocycles. The van der Waals surface area contributed by atoms with Gasteiger partial charge < -0.3 is 4.90 Å². The van der Waals surface area contributed by atoms with E-state index in [1.165, 1.54) is 19.0 Å². The highest BCUT2D eigenvalue weighted by molar-refractivity contribution is 7.86. The van der Waals surface area contributed by atoms with Crippen LogP contribution in [0, 0.1) is 5.92 Å². The largest absolute Gasteiger partial charge is 0.370 e. The lowest BCUT2D eigenvalue weighted by Crippen LogP contribution is -2.33. The number of hydrogen-bond acceptors (Lipinski definition) is 4. The second-order valence-corrected chi connectivity index (χ2v) is 8.88. The zero-order chi connectivity index (χ0) is 17.8. The highest BCUT2D eigenvalue weighted by Crippen LogP contribution is 2.30. The van der Waals surface area contributed by atoms with Crippen LogP contribution in [0.15, 0.2) is 52.5 Å². The number of rotatable bonds is 5. The average Bonchev–Trinajstić information content (AvgIpc) is 2.63. The summed E-state index contributed by atoms with van der Waals surface area (Å²) in [5, 5.41) is 0.489. The molecule has 0 saturated carbocycles. The maximum absolute atomic E-state index is 12.6. The molecule has 1 aliphatic heterocycles. The molecule has 2 aromatic rings. The Hall–Kier alpha value is -1.73. The number of hydrogen-bond donors (Lipinski definition) is 1. The van der Waals surface area contributed by atoms with Crippen molar-refractivity contribution in [1.82, 2.24) is 4.98 Å². The van der Waals surface area contributed by atoms with Crippen LogP contribution in [0.4, 0.5) is 11.4 Å². The van der Waals surface area contributed by atoms with Crippen molar-refractivity contribution < 1.29 is 8.42 Å². The Morgan fingerprint density at radius 2 is 1.84 bits per heavy atom. The molecule has 5 nitrogen and oxygen atoms in total. The molecule has 2 atom stereocenters. The van der Waals surface area contributed by atoms with Crippen molar-refractivity contribution in [2.75, 3.05) is 29.0 Å². The van der Waals surface area contributed by atoms with E-state index in [1.54, 1.807) is 18.4 Å². The minimum atomic E-state index is -1.42. The van der Waals surface area contributed by atoms with Crippen molar-refractivity contribution >= 4 is 33.2 Å². The molecule has 2 unspecified atom stereocenters. The van der Waals surface area contributed by atoms with Gasteiger partial charge in [-0.15, -0.1) is 0 Å². The molecule has 0 aliphatic carbocycles. The highest BCUT2D eigenvalue weighted by Gasteiger charge is 2.19. The summed E-state index contributed by atoms with van der Waals surface area (Å²) in [7, 11) is -2.55. The Morgan fingerprint density at radius 1 is 1.12 bits per heavy atom. The fourth-order valence-corrected chi connectivity index (χ4v) is 4.18. The first kappa shape index (κ1) is 18.1. The third kappa shape index (κ3) is 4.46. The summed E-state index contributed by atoms with van der Waals surface area (Å²) in [5.74, 6) is 0.763. The van der Waals surface area contributed by atoms with Crippen LogP contribution in [0.1, 0.15) is 19.8 Å². The van der Waals surface area contributed by atoms with Gasteiger partial charge in [-0.25, -0.2) is 9.19 Å². The summed E-state index contributed by atoms with van der Waals surface area (Å²) in [5.41, 5.74) is 1.94. The van der Waals surface area contributed by atoms with E-state index in [1.807, 2.05) is 18.2 Å². The molecule has 25 heavy (non-hydrogen) atoms. The van der Waals surface area contributed by atoms with E-state index in [0.29, 0.717) is 9.92 Å². The number of piperidine rings is 1. The number of nitrogens with zero attached hydrogens (tertiary/aromatic N) is 2. The lowest BCUT2D eigenvalue weighted by Gasteiger charge is -2.33. The standard InChI is InChI=1S/C18H23N3O2S2/c1-14-9-11-21(12-10-14)17-6-4-3-5-16(17)20-25(23)15-7-8-18(19-13-15)24(2)22/h3-8,13-14,20H,9-12H2,1-2H3. The van der Waals surface area contributed by atoms with Gasteiger partial charge in [-0.3, -0.25) is 8.93 Å². The molecule has 134 valence electrons. The predicted molar refractivity (Wildman–Crippen MR) is 104 cm³/mol. The Bertz CT molecular complexity index is 772. The van der Waals surface area contributed by atoms with Gasteiger partial charge >= 0.3 is 0 Å². The number of pyridine rings is 1. The number of nitrogens with one attached hydrogen (secondary N) is 1. The fourth-order valence-electron chi connectivity index (χ4n) is 2.89. The molecule has 1 aromatic heterocycles. The number of aromatic nitrogens is 1. The Labute approximate surface area is 153 Å². The van der Waals surface area contributed by atoms with Gasteiger partial charge in [0.2, 0.25) is 0 Å². The molecule has 0 spiro atoms. The third-order valence-corrected chi connectivity index (χ3v) is 6.35. The van der Waals surface area contributed by atoms with Crippen LogP contribution in [0.2, 0.25) is 0 Å². The van der Waals surface area contributed by atoms with Gasteiger partial charge in [0.15, 0.2) is 11.0 Å². The van der Waals surface area contributed by atoms with Crippen LogP contribution >= 0.6 is 0 Å². The van der Waals surface area contributed by atoms with Gasteiger partial charge in [-0.2, -0.15) is 0 Å². The zero-order valence-electron chi connectivity index (χ0n) is 14.5. The summed E-state index contributed by atoms with van der Waals surface area (Å²) in [6.07, 6.45) is 5.45. The SMILES string of the molecule is CC1CCN(c2ccccc2NS(=O)c2ccc(S(C)=O)nc2)CC1. The van der Waals surface area contributed by atoms with Crippen LogP contribution in [-0.4, -0.2) is 32.7 Å². The Morgan fingerprint density at radius 3 is 2.48 bits per heavy atom. The molecular weight excluding hydrogens is 354 g/mol. The van der Waals surface area contributed by atoms with Crippen molar-refractivity contribution in [3.8, 4) is 0 Å². The van der Waals surface area contributed by atoms with Gasteiger partial charge in [0.05, 0.1) is 27.1 Å². The quantitative estimate of drug-likeness (QED) is 0.869. The van der Waals surface area contributed by atoms with Crippen molar-refractivity contribution in [1.29, 1.82) is 0 Å². The smallest absolute Gasteiger partial charge is 0.151 e. The Kier molecular flexibility index (Phi) is 5.86. The molecule has 1 aliphatic rings. The van der Waals surface area contributed by atoms with E-state index in [9.17, 15) is 8.42 Å². The lowest BCUT2D eigenvalue weighted by atomic mass is 9.98. The maximum Gasteiger partial charge on any atom is 0.151 e. The molecule has 0 radical (unpaired) electrons. The van der Waals surface area contributed by atoms with Gasteiger partial charge in [-0.05, 0) is 43.0 Å². The van der Waals surface area contributed by atoms with Crippen LogP contribution in [0.5, 0.6) is 0 Å². The maximum atomic E-state index is 12.6. The average molecular weight is 378 g/mol. The molecule has 1 N–H and O–H groups in total. The van der Waals surface area contributed by atoms with Crippen LogP contribution in [0.3, 0.4) is 0 Å². The summed E-state index contributed by atoms with van der Waals surface area (Å²) < 4.78 is 27.2. The molecule has 3 rings (SSSR count). The first-order valence-electron chi connectivity index (χ1n) is 8.36. The van der Waals surface area contributed by atoms with Crippen molar-refractivity contribution in [2.24, 2.45) is 5.92 Å². The van der Waals surface area contributed by atoms with E-state index >= 15 is 0 Å². The number of para-hydroxylation sites is 2. The first-order chi connectivity index (χ1) is 12.0. The monoisotopic (exact) mass is 377 g/mol. The van der Waals surface area contributed by atoms with Crippen LogP contribution < -0.4 is 9.62 Å². The van der Waals surface area contributed by atoms with Crippen molar-refractivity contribution in [3.05, 3.63) is 42.6 Å². The van der Waals surface area contributed by atoms with E-state index in [0.717, 1.165) is 30.4 Å². The topological polar surface area (TPSA) is 62.3 Å². The van der Waals surface area contributed by atoms with E-state index in [2.05, 4.69) is 27.6 Å². The number of benzene rings is 1. The van der Waals surface area contributed by atoms with Gasteiger partial charge in [0, 0.05) is 25.5 Å². The van der Waals surface area contributed by atoms with Gasteiger partial charge in [0.25, 0.3) is 0 Å². The van der Waals surface area contributed by atoms with Gasteiger partial charge in [-0.1, -0.05) is 19.1 Å². The normalized spacial score (nSPS) is 17.9. The van der Waals surface area contributed by atoms with E-state index in [4.69, 9.17) is 0 Å². The van der Waals surface area contributed by atoms with E-state index < -0.39 is 21.8 Å². The van der Waals surface area contributed by atoms with Crippen LogP contribution in [-0.2, 0) is 21.8 Å². The zero-order valence-corrected chi connectivity index (χ0v) is 16.1. The van der Waals surface area contributed by atoms with Gasteiger partial charge in [0.1, 0.15) is 5.03 Å². The second-order valence-electron chi connectivity index (χ2n) is 6.34.